The Hall–Kier alpha value is -3.76. The normalized spacial score (nSPS) is 17.3. The van der Waals surface area contributed by atoms with Crippen molar-refractivity contribution in [3.8, 4) is 17.0 Å². The first kappa shape index (κ1) is 22.1. The van der Waals surface area contributed by atoms with Crippen LogP contribution in [0.2, 0.25) is 0 Å². The Kier molecular flexibility index (Phi) is 5.99. The Morgan fingerprint density at radius 3 is 2.91 bits per heavy atom. The zero-order valence-electron chi connectivity index (χ0n) is 18.8. The van der Waals surface area contributed by atoms with Gasteiger partial charge in [0.15, 0.2) is 5.82 Å². The molecule has 2 atom stereocenters. The summed E-state index contributed by atoms with van der Waals surface area (Å²) in [4.78, 5) is 30.8. The summed E-state index contributed by atoms with van der Waals surface area (Å²) in [6.07, 6.45) is 3.14. The number of urea groups is 1. The highest BCUT2D eigenvalue weighted by molar-refractivity contribution is 6.04. The van der Waals surface area contributed by atoms with Crippen molar-refractivity contribution in [1.82, 2.24) is 15.0 Å². The second kappa shape index (κ2) is 9.24. The summed E-state index contributed by atoms with van der Waals surface area (Å²) in [5.41, 5.74) is 3.55. The molecule has 3 aromatic heterocycles. The monoisotopic (exact) mass is 462 g/mol. The predicted molar refractivity (Wildman–Crippen MR) is 127 cm³/mol. The predicted octanol–water partition coefficient (Wildman–Crippen LogP) is 2.21. The molecule has 5 heterocycles. The van der Waals surface area contributed by atoms with E-state index in [2.05, 4.69) is 20.2 Å². The van der Waals surface area contributed by atoms with Gasteiger partial charge in [-0.1, -0.05) is 0 Å². The molecule has 1 saturated heterocycles. The standard InChI is InChI=1S/C24H26N6O4/c1-15-10-16(4-7-25-15)20-2-3-21-23(27-20)30(17-6-9-29(21)12-17)24(33)28-22-11-19(5-8-26-22)34-14-18(32)13-31/h2-5,7-8,10-11,17-18,31-32H,6,9,12-14H2,1H3,(H,26,28,33)/t17-,18?/m0/s1. The average Bonchev–Trinajstić information content (AvgIpc) is 3.26. The van der Waals surface area contributed by atoms with Gasteiger partial charge < -0.3 is 19.8 Å². The van der Waals surface area contributed by atoms with Crippen molar-refractivity contribution in [1.29, 1.82) is 0 Å². The van der Waals surface area contributed by atoms with E-state index in [9.17, 15) is 9.90 Å². The highest BCUT2D eigenvalue weighted by atomic mass is 16.5. The van der Waals surface area contributed by atoms with Gasteiger partial charge in [-0.05, 0) is 43.7 Å². The number of pyridine rings is 3. The van der Waals surface area contributed by atoms with Crippen molar-refractivity contribution in [2.24, 2.45) is 0 Å². The fourth-order valence-corrected chi connectivity index (χ4v) is 4.32. The molecule has 176 valence electrons. The minimum atomic E-state index is -0.981. The number of carbonyl (C=O) groups is 1. The maximum absolute atomic E-state index is 13.4. The summed E-state index contributed by atoms with van der Waals surface area (Å²) < 4.78 is 5.47. The smallest absolute Gasteiger partial charge is 0.329 e. The molecule has 0 aromatic carbocycles. The molecule has 0 aliphatic carbocycles. The number of amides is 2. The Morgan fingerprint density at radius 1 is 1.24 bits per heavy atom. The number of anilines is 3. The van der Waals surface area contributed by atoms with Gasteiger partial charge in [0.25, 0.3) is 0 Å². The maximum Gasteiger partial charge on any atom is 0.329 e. The SMILES string of the molecule is Cc1cc(-c2ccc3c(n2)N(C(=O)Nc2cc(OCC(O)CO)ccn2)[C@H]2CCN3C2)ccn1. The van der Waals surface area contributed by atoms with Crippen molar-refractivity contribution >= 4 is 23.4 Å². The van der Waals surface area contributed by atoms with E-state index in [0.29, 0.717) is 17.4 Å². The molecule has 0 spiro atoms. The molecule has 1 fully saturated rings. The Bertz CT molecular complexity index is 1210. The number of aryl methyl sites for hydroxylation is 1. The van der Waals surface area contributed by atoms with Crippen LogP contribution in [-0.4, -0.2) is 69.6 Å². The van der Waals surface area contributed by atoms with Crippen LogP contribution in [0.1, 0.15) is 12.1 Å². The Morgan fingerprint density at radius 2 is 2.09 bits per heavy atom. The lowest BCUT2D eigenvalue weighted by Crippen LogP contribution is -2.48. The van der Waals surface area contributed by atoms with Gasteiger partial charge in [0.1, 0.15) is 24.3 Å². The van der Waals surface area contributed by atoms with Crippen LogP contribution in [0.4, 0.5) is 22.1 Å². The fourth-order valence-electron chi connectivity index (χ4n) is 4.32. The van der Waals surface area contributed by atoms with Crippen molar-refractivity contribution < 1.29 is 19.7 Å². The zero-order valence-corrected chi connectivity index (χ0v) is 18.8. The summed E-state index contributed by atoms with van der Waals surface area (Å²) in [6.45, 7) is 3.10. The molecule has 1 unspecified atom stereocenters. The second-order valence-corrected chi connectivity index (χ2v) is 8.44. The molecule has 5 rings (SSSR count). The second-order valence-electron chi connectivity index (χ2n) is 8.44. The molecular formula is C24H26N6O4. The molecule has 0 radical (unpaired) electrons. The lowest BCUT2D eigenvalue weighted by Gasteiger charge is -2.35. The number of rotatable bonds is 6. The molecule has 34 heavy (non-hydrogen) atoms. The molecule has 0 saturated carbocycles. The third kappa shape index (κ3) is 4.37. The Balaban J connectivity index is 1.41. The lowest BCUT2D eigenvalue weighted by atomic mass is 10.1. The summed E-state index contributed by atoms with van der Waals surface area (Å²) in [6, 6.07) is 10.8. The first-order valence-electron chi connectivity index (χ1n) is 11.2. The number of fused-ring (bicyclic) bond motifs is 4. The van der Waals surface area contributed by atoms with Crippen LogP contribution in [0.15, 0.2) is 48.8 Å². The van der Waals surface area contributed by atoms with Crippen LogP contribution in [0.3, 0.4) is 0 Å². The molecule has 3 N–H and O–H groups in total. The van der Waals surface area contributed by atoms with E-state index < -0.39 is 12.7 Å². The van der Waals surface area contributed by atoms with E-state index in [1.807, 2.05) is 31.2 Å². The van der Waals surface area contributed by atoms with E-state index in [0.717, 1.165) is 42.1 Å². The Labute approximate surface area is 196 Å². The van der Waals surface area contributed by atoms with Gasteiger partial charge in [0.05, 0.1) is 24.0 Å². The first-order valence-corrected chi connectivity index (χ1v) is 11.2. The summed E-state index contributed by atoms with van der Waals surface area (Å²) in [5.74, 6) is 1.37. The van der Waals surface area contributed by atoms with E-state index >= 15 is 0 Å². The van der Waals surface area contributed by atoms with Crippen molar-refractivity contribution in [2.75, 3.05) is 41.4 Å². The largest absolute Gasteiger partial charge is 0.491 e. The lowest BCUT2D eigenvalue weighted by molar-refractivity contribution is 0.0536. The van der Waals surface area contributed by atoms with Crippen LogP contribution in [0.5, 0.6) is 5.75 Å². The van der Waals surface area contributed by atoms with Crippen LogP contribution in [-0.2, 0) is 0 Å². The maximum atomic E-state index is 13.4. The van der Waals surface area contributed by atoms with E-state index in [4.69, 9.17) is 14.8 Å². The third-order valence-electron chi connectivity index (χ3n) is 5.98. The van der Waals surface area contributed by atoms with E-state index in [1.54, 1.807) is 23.2 Å². The van der Waals surface area contributed by atoms with Gasteiger partial charge in [-0.3, -0.25) is 15.2 Å². The van der Waals surface area contributed by atoms with Crippen molar-refractivity contribution in [2.45, 2.75) is 25.5 Å². The first-order chi connectivity index (χ1) is 16.5. The van der Waals surface area contributed by atoms with Crippen LogP contribution in [0.25, 0.3) is 11.3 Å². The molecule has 2 aliphatic rings. The molecule has 2 aliphatic heterocycles. The number of hydrogen-bond donors (Lipinski definition) is 3. The number of hydrogen-bond acceptors (Lipinski definition) is 8. The molecule has 10 heteroatoms. The molecule has 10 nitrogen and oxygen atoms in total. The van der Waals surface area contributed by atoms with Gasteiger partial charge in [0.2, 0.25) is 0 Å². The highest BCUT2D eigenvalue weighted by Crippen LogP contribution is 2.40. The number of ether oxygens (including phenoxy) is 1. The van der Waals surface area contributed by atoms with Crippen LogP contribution < -0.4 is 19.9 Å². The van der Waals surface area contributed by atoms with Gasteiger partial charge in [-0.15, -0.1) is 0 Å². The molecule has 2 bridgehead atoms. The number of aromatic nitrogens is 3. The number of aliphatic hydroxyl groups excluding tert-OH is 2. The van der Waals surface area contributed by atoms with Gasteiger partial charge in [-0.2, -0.15) is 0 Å². The van der Waals surface area contributed by atoms with Gasteiger partial charge in [0, 0.05) is 42.8 Å². The fraction of sp³-hybridized carbons (Fsp3) is 0.333. The topological polar surface area (TPSA) is 124 Å². The highest BCUT2D eigenvalue weighted by Gasteiger charge is 2.40. The van der Waals surface area contributed by atoms with Gasteiger partial charge in [-0.25, -0.2) is 14.8 Å². The summed E-state index contributed by atoms with van der Waals surface area (Å²) in [7, 11) is 0. The summed E-state index contributed by atoms with van der Waals surface area (Å²) >= 11 is 0. The number of carbonyl (C=O) groups excluding carboxylic acids is 1. The third-order valence-corrected chi connectivity index (χ3v) is 5.98. The number of nitrogens with one attached hydrogen (secondary N) is 1. The summed E-state index contributed by atoms with van der Waals surface area (Å²) in [5, 5.41) is 21.3. The van der Waals surface area contributed by atoms with Crippen molar-refractivity contribution in [3.63, 3.8) is 0 Å². The zero-order chi connectivity index (χ0) is 23.7. The van der Waals surface area contributed by atoms with Crippen LogP contribution >= 0.6 is 0 Å². The van der Waals surface area contributed by atoms with Crippen LogP contribution in [0, 0.1) is 6.92 Å². The van der Waals surface area contributed by atoms with E-state index in [1.165, 1.54) is 6.20 Å². The number of aliphatic hydroxyl groups is 2. The minimum Gasteiger partial charge on any atom is -0.491 e. The molecule has 2 amide bonds. The quantitative estimate of drug-likeness (QED) is 0.509. The molecule has 3 aromatic rings. The van der Waals surface area contributed by atoms with E-state index in [-0.39, 0.29) is 18.7 Å². The van der Waals surface area contributed by atoms with Crippen molar-refractivity contribution in [3.05, 3.63) is 54.5 Å². The number of nitrogens with zero attached hydrogens (tertiary/aromatic N) is 5. The minimum absolute atomic E-state index is 0.00793. The average molecular weight is 463 g/mol. The molecular weight excluding hydrogens is 436 g/mol. The van der Waals surface area contributed by atoms with Gasteiger partial charge >= 0.3 is 6.03 Å².